The van der Waals surface area contributed by atoms with Crippen LogP contribution in [0.4, 0.5) is 0 Å². The number of rotatable bonds is 11. The highest BCUT2D eigenvalue weighted by Gasteiger charge is 2.33. The zero-order chi connectivity index (χ0) is 25.4. The summed E-state index contributed by atoms with van der Waals surface area (Å²) >= 11 is 0. The average Bonchev–Trinajstić information content (AvgIpc) is 3.31. The Balaban J connectivity index is 1.78. The van der Waals surface area contributed by atoms with Crippen molar-refractivity contribution in [2.24, 2.45) is 11.8 Å². The Morgan fingerprint density at radius 2 is 1.94 bits per heavy atom. The molecule has 35 heavy (non-hydrogen) atoms. The van der Waals surface area contributed by atoms with Gasteiger partial charge in [0.15, 0.2) is 0 Å². The van der Waals surface area contributed by atoms with Crippen molar-refractivity contribution in [2.75, 3.05) is 6.66 Å². The lowest BCUT2D eigenvalue weighted by Crippen LogP contribution is -2.53. The minimum Gasteiger partial charge on any atom is -0.351 e. The zero-order valence-corrected chi connectivity index (χ0v) is 21.9. The molecule has 2 aromatic rings. The lowest BCUT2D eigenvalue weighted by Gasteiger charge is -2.31. The van der Waals surface area contributed by atoms with Crippen molar-refractivity contribution in [1.82, 2.24) is 15.6 Å². The Bertz CT molecular complexity index is 1080. The Labute approximate surface area is 209 Å². The molecule has 0 aliphatic heterocycles. The summed E-state index contributed by atoms with van der Waals surface area (Å²) in [4.78, 5) is 41.8. The van der Waals surface area contributed by atoms with E-state index in [0.717, 1.165) is 49.4 Å². The first-order valence-electron chi connectivity index (χ1n) is 12.7. The minimum atomic E-state index is -0.771. The Kier molecular flexibility index (Phi) is 9.86. The van der Waals surface area contributed by atoms with E-state index in [2.05, 4.69) is 34.4 Å². The molecule has 0 radical (unpaired) electrons. The van der Waals surface area contributed by atoms with Gasteiger partial charge in [-0.1, -0.05) is 53.3 Å². The highest BCUT2D eigenvalue weighted by atomic mass is 31.1. The van der Waals surface area contributed by atoms with Crippen LogP contribution in [0, 0.1) is 23.2 Å². The van der Waals surface area contributed by atoms with E-state index in [-0.39, 0.29) is 29.4 Å². The maximum atomic E-state index is 13.4. The first-order chi connectivity index (χ1) is 16.9. The number of hydrogen-bond acceptors (Lipinski definition) is 4. The second-order valence-corrected chi connectivity index (χ2v) is 10.6. The topological polar surface area (TPSA) is 115 Å². The maximum Gasteiger partial charge on any atom is 0.268 e. The summed E-state index contributed by atoms with van der Waals surface area (Å²) in [5.74, 6) is -0.874. The summed E-state index contributed by atoms with van der Waals surface area (Å²) in [6, 6.07) is 8.48. The molecule has 1 aromatic heterocycles. The second kappa shape index (κ2) is 12.8. The van der Waals surface area contributed by atoms with Gasteiger partial charge < -0.3 is 15.6 Å². The van der Waals surface area contributed by atoms with Gasteiger partial charge in [-0.3, -0.25) is 14.4 Å². The number of carbonyl (C=O) groups is 3. The molecule has 3 rings (SSSR count). The van der Waals surface area contributed by atoms with Crippen LogP contribution in [0.3, 0.4) is 0 Å². The molecule has 1 saturated carbocycles. The van der Waals surface area contributed by atoms with Crippen molar-refractivity contribution < 1.29 is 14.4 Å². The molecule has 2 amide bonds. The van der Waals surface area contributed by atoms with Gasteiger partial charge >= 0.3 is 0 Å². The molecule has 0 saturated heterocycles. The number of Topliss-reactive ketones (excluding diaryl/α,β-unsaturated/α-hetero) is 1. The normalized spacial score (nSPS) is 17.1. The summed E-state index contributed by atoms with van der Waals surface area (Å²) in [7, 11) is 0.608. The van der Waals surface area contributed by atoms with Crippen LogP contribution in [0.5, 0.6) is 0 Å². The highest BCUT2D eigenvalue weighted by Crippen LogP contribution is 2.27. The lowest BCUT2D eigenvalue weighted by molar-refractivity contribution is -0.126. The fraction of sp³-hybridized carbons (Fsp3) is 0.556. The number of aromatic amines is 1. The molecule has 1 aromatic carbocycles. The van der Waals surface area contributed by atoms with Crippen LogP contribution in [0.25, 0.3) is 10.9 Å². The first kappa shape index (κ1) is 26.9. The van der Waals surface area contributed by atoms with Gasteiger partial charge in [-0.2, -0.15) is 5.26 Å². The van der Waals surface area contributed by atoms with Crippen molar-refractivity contribution >= 4 is 42.4 Å². The minimum absolute atomic E-state index is 0.0170. The van der Waals surface area contributed by atoms with Crippen molar-refractivity contribution in [3.8, 4) is 6.07 Å². The molecule has 1 aliphatic carbocycles. The second-order valence-electron chi connectivity index (χ2n) is 9.57. The van der Waals surface area contributed by atoms with E-state index in [4.69, 9.17) is 0 Å². The summed E-state index contributed by atoms with van der Waals surface area (Å²) in [6.45, 7) is 5.64. The third kappa shape index (κ3) is 6.92. The molecular weight excluding hydrogens is 459 g/mol. The van der Waals surface area contributed by atoms with Crippen LogP contribution in [-0.2, 0) is 9.59 Å². The molecule has 3 unspecified atom stereocenters. The predicted molar refractivity (Wildman–Crippen MR) is 141 cm³/mol. The maximum absolute atomic E-state index is 13.4. The standard InChI is InChI=1S/C27H37N4O3P/c1-4-9-19(17(2)32)14-20(16-28)29-27(34)25(18-10-6-5-7-11-18)31-26(33)23-15-21-22(30-23)12-8-13-24(21)35-3/h8,12-13,15,18-20,25,30,35H,4-7,9-11,14H2,1-3H3,(H,29,34)(H,31,33)/t19?,20?,25-/m0/s1. The van der Waals surface area contributed by atoms with E-state index < -0.39 is 12.1 Å². The molecule has 0 spiro atoms. The van der Waals surface area contributed by atoms with Crippen LogP contribution < -0.4 is 15.9 Å². The van der Waals surface area contributed by atoms with E-state index in [9.17, 15) is 19.6 Å². The molecule has 1 heterocycles. The van der Waals surface area contributed by atoms with Crippen molar-refractivity contribution in [3.63, 3.8) is 0 Å². The summed E-state index contributed by atoms with van der Waals surface area (Å²) in [5.41, 5.74) is 1.33. The number of aromatic nitrogens is 1. The van der Waals surface area contributed by atoms with Gasteiger partial charge in [0.2, 0.25) is 5.91 Å². The summed E-state index contributed by atoms with van der Waals surface area (Å²) in [5, 5.41) is 17.7. The number of fused-ring (bicyclic) bond motifs is 1. The van der Waals surface area contributed by atoms with Gasteiger partial charge in [0.1, 0.15) is 23.6 Å². The number of benzene rings is 1. The van der Waals surface area contributed by atoms with Gasteiger partial charge in [0.05, 0.1) is 6.07 Å². The number of carbonyl (C=O) groups excluding carboxylic acids is 3. The Morgan fingerprint density at radius 1 is 1.20 bits per heavy atom. The van der Waals surface area contributed by atoms with E-state index in [1.165, 1.54) is 12.2 Å². The number of nitrogens with one attached hydrogen (secondary N) is 3. The van der Waals surface area contributed by atoms with E-state index in [0.29, 0.717) is 27.1 Å². The van der Waals surface area contributed by atoms with Gasteiger partial charge in [-0.05, 0) is 62.6 Å². The number of nitriles is 1. The SMILES string of the molecule is CCCC(CC(C#N)NC(=O)[C@@H](NC(=O)c1cc2c(PC)cccc2[nH]1)C1CCCCC1)C(C)=O. The molecule has 1 fully saturated rings. The third-order valence-corrected chi connectivity index (χ3v) is 8.05. The number of H-pyrrole nitrogens is 1. The average molecular weight is 497 g/mol. The van der Waals surface area contributed by atoms with Crippen LogP contribution in [0.2, 0.25) is 0 Å². The van der Waals surface area contributed by atoms with Crippen LogP contribution >= 0.6 is 8.58 Å². The molecular formula is C27H37N4O3P. The number of ketones is 1. The molecule has 7 nitrogen and oxygen atoms in total. The zero-order valence-electron chi connectivity index (χ0n) is 20.9. The first-order valence-corrected chi connectivity index (χ1v) is 14.2. The van der Waals surface area contributed by atoms with Crippen LogP contribution in [-0.4, -0.2) is 41.3 Å². The monoisotopic (exact) mass is 496 g/mol. The van der Waals surface area contributed by atoms with Gasteiger partial charge in [-0.15, -0.1) is 0 Å². The quantitative estimate of drug-likeness (QED) is 0.405. The van der Waals surface area contributed by atoms with Crippen molar-refractivity contribution in [1.29, 1.82) is 5.26 Å². The van der Waals surface area contributed by atoms with Gasteiger partial charge in [-0.25, -0.2) is 0 Å². The fourth-order valence-corrected chi connectivity index (χ4v) is 5.84. The van der Waals surface area contributed by atoms with Gasteiger partial charge in [0, 0.05) is 16.8 Å². The van der Waals surface area contributed by atoms with Crippen molar-refractivity contribution in [2.45, 2.75) is 77.3 Å². The lowest BCUT2D eigenvalue weighted by atomic mass is 9.83. The smallest absolute Gasteiger partial charge is 0.268 e. The number of amides is 2. The van der Waals surface area contributed by atoms with Crippen LogP contribution in [0.1, 0.15) is 75.7 Å². The third-order valence-electron chi connectivity index (χ3n) is 7.07. The predicted octanol–water partition coefficient (Wildman–Crippen LogP) is 4.18. The number of hydrogen-bond donors (Lipinski definition) is 3. The summed E-state index contributed by atoms with van der Waals surface area (Å²) < 4.78 is 0. The highest BCUT2D eigenvalue weighted by molar-refractivity contribution is 7.47. The van der Waals surface area contributed by atoms with E-state index in [1.807, 2.05) is 25.1 Å². The van der Waals surface area contributed by atoms with E-state index in [1.54, 1.807) is 0 Å². The molecule has 4 atom stereocenters. The fourth-order valence-electron chi connectivity index (χ4n) is 5.10. The Morgan fingerprint density at radius 3 is 2.57 bits per heavy atom. The summed E-state index contributed by atoms with van der Waals surface area (Å²) in [6.07, 6.45) is 6.68. The molecule has 0 bridgehead atoms. The van der Waals surface area contributed by atoms with E-state index >= 15 is 0 Å². The number of nitrogens with zero attached hydrogens (tertiary/aromatic N) is 1. The van der Waals surface area contributed by atoms with Crippen molar-refractivity contribution in [3.05, 3.63) is 30.0 Å². The molecule has 1 aliphatic rings. The Hall–Kier alpha value is -2.71. The molecule has 188 valence electrons. The van der Waals surface area contributed by atoms with Gasteiger partial charge in [0.25, 0.3) is 5.91 Å². The van der Waals surface area contributed by atoms with Crippen LogP contribution in [0.15, 0.2) is 24.3 Å². The largest absolute Gasteiger partial charge is 0.351 e. The molecule has 8 heteroatoms. The molecule has 3 N–H and O–H groups in total.